The zero-order valence-corrected chi connectivity index (χ0v) is 11.5. The van der Waals surface area contributed by atoms with E-state index in [9.17, 15) is 26.3 Å². The van der Waals surface area contributed by atoms with Gasteiger partial charge in [-0.2, -0.15) is 13.2 Å². The second kappa shape index (κ2) is 6.05. The summed E-state index contributed by atoms with van der Waals surface area (Å²) >= 11 is 0. The van der Waals surface area contributed by atoms with Crippen LogP contribution in [0.3, 0.4) is 0 Å². The summed E-state index contributed by atoms with van der Waals surface area (Å²) in [5.74, 6) is -0.233. The topological polar surface area (TPSA) is 44.5 Å². The largest absolute Gasteiger partial charge is 0.572 e. The second-order valence-electron chi connectivity index (χ2n) is 4.70. The predicted octanol–water partition coefficient (Wildman–Crippen LogP) is 4.76. The van der Waals surface area contributed by atoms with Crippen LogP contribution < -0.4 is 10.5 Å². The van der Waals surface area contributed by atoms with Gasteiger partial charge in [0.2, 0.25) is 0 Å². The summed E-state index contributed by atoms with van der Waals surface area (Å²) in [5, 5.41) is 0. The van der Waals surface area contributed by atoms with E-state index in [0.717, 1.165) is 18.2 Å². The molecule has 1 aliphatic rings. The molecule has 0 unspecified atom stereocenters. The Morgan fingerprint density at radius 2 is 1.48 bits per heavy atom. The van der Waals surface area contributed by atoms with Gasteiger partial charge in [0, 0.05) is 24.6 Å². The number of alkyl halides is 6. The lowest BCUT2D eigenvalue weighted by Gasteiger charge is -2.18. The van der Waals surface area contributed by atoms with E-state index in [2.05, 4.69) is 4.74 Å². The molecular formula is C14H11F6NO2. The maximum Gasteiger partial charge on any atom is 0.572 e. The molecule has 0 amide bonds. The van der Waals surface area contributed by atoms with E-state index in [1.54, 1.807) is 0 Å². The molecule has 1 aromatic rings. The van der Waals surface area contributed by atoms with E-state index >= 15 is 0 Å². The monoisotopic (exact) mass is 339 g/mol. The van der Waals surface area contributed by atoms with Gasteiger partial charge in [0.1, 0.15) is 17.3 Å². The van der Waals surface area contributed by atoms with Gasteiger partial charge in [-0.1, -0.05) is 0 Å². The first-order valence-electron chi connectivity index (χ1n) is 6.34. The average Bonchev–Trinajstić information content (AvgIpc) is 2.38. The summed E-state index contributed by atoms with van der Waals surface area (Å²) < 4.78 is 83.2. The first kappa shape index (κ1) is 17.0. The molecule has 2 N–H and O–H groups in total. The van der Waals surface area contributed by atoms with Crippen molar-refractivity contribution in [3.05, 3.63) is 47.4 Å². The van der Waals surface area contributed by atoms with Crippen molar-refractivity contribution in [2.24, 2.45) is 0 Å². The molecule has 126 valence electrons. The molecule has 0 atom stereocenters. The van der Waals surface area contributed by atoms with Crippen LogP contribution in [0.25, 0.3) is 0 Å². The molecule has 0 bridgehead atoms. The molecule has 2 rings (SSSR count). The first-order valence-corrected chi connectivity index (χ1v) is 6.34. The SMILES string of the molecule is Nc1cc(OC2=CC=C(OC(F)(F)F)CC2)cc(C(F)(F)F)c1. The molecule has 0 aliphatic heterocycles. The zero-order chi connectivity index (χ0) is 17.3. The van der Waals surface area contributed by atoms with Crippen molar-refractivity contribution in [3.8, 4) is 5.75 Å². The number of ether oxygens (including phenoxy) is 2. The van der Waals surface area contributed by atoms with Crippen LogP contribution >= 0.6 is 0 Å². The fourth-order valence-corrected chi connectivity index (χ4v) is 1.91. The third kappa shape index (κ3) is 5.11. The lowest BCUT2D eigenvalue weighted by Crippen LogP contribution is -2.14. The molecular weight excluding hydrogens is 328 g/mol. The van der Waals surface area contributed by atoms with E-state index in [4.69, 9.17) is 10.5 Å². The van der Waals surface area contributed by atoms with Crippen LogP contribution in [-0.2, 0) is 10.9 Å². The predicted molar refractivity (Wildman–Crippen MR) is 69.0 cm³/mol. The van der Waals surface area contributed by atoms with Gasteiger partial charge in [0.25, 0.3) is 0 Å². The Balaban J connectivity index is 2.13. The van der Waals surface area contributed by atoms with Crippen molar-refractivity contribution in [3.63, 3.8) is 0 Å². The Bertz CT molecular complexity index is 646. The molecule has 3 nitrogen and oxygen atoms in total. The molecule has 1 aromatic carbocycles. The Hall–Kier alpha value is -2.32. The van der Waals surface area contributed by atoms with Crippen LogP contribution in [-0.4, -0.2) is 6.36 Å². The summed E-state index contributed by atoms with van der Waals surface area (Å²) in [6.45, 7) is 0. The molecule has 0 saturated heterocycles. The zero-order valence-electron chi connectivity index (χ0n) is 11.5. The second-order valence-corrected chi connectivity index (χ2v) is 4.70. The highest BCUT2D eigenvalue weighted by Gasteiger charge is 2.33. The van der Waals surface area contributed by atoms with Gasteiger partial charge in [0.15, 0.2) is 0 Å². The van der Waals surface area contributed by atoms with Gasteiger partial charge in [-0.25, -0.2) is 0 Å². The van der Waals surface area contributed by atoms with Gasteiger partial charge >= 0.3 is 12.5 Å². The van der Waals surface area contributed by atoms with E-state index < -0.39 is 18.1 Å². The summed E-state index contributed by atoms with van der Waals surface area (Å²) in [5.41, 5.74) is 4.29. The number of rotatable bonds is 3. The van der Waals surface area contributed by atoms with Crippen LogP contribution in [0.15, 0.2) is 41.9 Å². The number of hydrogen-bond donors (Lipinski definition) is 1. The van der Waals surface area contributed by atoms with E-state index in [1.165, 1.54) is 12.1 Å². The smallest absolute Gasteiger partial charge is 0.462 e. The molecule has 23 heavy (non-hydrogen) atoms. The highest BCUT2D eigenvalue weighted by molar-refractivity contribution is 5.49. The minimum atomic E-state index is -4.78. The van der Waals surface area contributed by atoms with Crippen molar-refractivity contribution in [1.82, 2.24) is 0 Å². The lowest BCUT2D eigenvalue weighted by atomic mass is 10.1. The summed E-state index contributed by atoms with van der Waals surface area (Å²) in [6, 6.07) is 2.72. The Morgan fingerprint density at radius 3 is 2.00 bits per heavy atom. The van der Waals surface area contributed by atoms with E-state index in [1.807, 2.05) is 0 Å². The number of benzene rings is 1. The molecule has 0 spiro atoms. The van der Waals surface area contributed by atoms with Crippen LogP contribution in [0.1, 0.15) is 18.4 Å². The maximum absolute atomic E-state index is 12.7. The number of nitrogens with two attached hydrogens (primary N) is 1. The molecule has 0 radical (unpaired) electrons. The van der Waals surface area contributed by atoms with Crippen molar-refractivity contribution < 1.29 is 35.8 Å². The fraction of sp³-hybridized carbons (Fsp3) is 0.286. The van der Waals surface area contributed by atoms with Crippen LogP contribution in [0, 0.1) is 0 Å². The van der Waals surface area contributed by atoms with E-state index in [0.29, 0.717) is 0 Å². The normalized spacial score (nSPS) is 15.7. The third-order valence-electron chi connectivity index (χ3n) is 2.82. The quantitative estimate of drug-likeness (QED) is 0.638. The van der Waals surface area contributed by atoms with Crippen molar-refractivity contribution in [1.29, 1.82) is 0 Å². The Kier molecular flexibility index (Phi) is 4.49. The molecule has 0 fully saturated rings. The van der Waals surface area contributed by atoms with Gasteiger partial charge in [-0.15, -0.1) is 13.2 Å². The molecule has 1 aliphatic carbocycles. The summed E-state index contributed by atoms with van der Waals surface area (Å²) in [4.78, 5) is 0. The lowest BCUT2D eigenvalue weighted by molar-refractivity contribution is -0.306. The first-order chi connectivity index (χ1) is 10.5. The van der Waals surface area contributed by atoms with Gasteiger partial charge in [-0.3, -0.25) is 0 Å². The molecule has 0 heterocycles. The number of halogens is 6. The van der Waals surface area contributed by atoms with Crippen LogP contribution in [0.2, 0.25) is 0 Å². The molecule has 9 heteroatoms. The highest BCUT2D eigenvalue weighted by atomic mass is 19.4. The van der Waals surface area contributed by atoms with Crippen molar-refractivity contribution in [2.75, 3.05) is 5.73 Å². The Morgan fingerprint density at radius 1 is 0.870 bits per heavy atom. The summed E-state index contributed by atoms with van der Waals surface area (Å²) in [7, 11) is 0. The van der Waals surface area contributed by atoms with Crippen LogP contribution in [0.5, 0.6) is 5.75 Å². The van der Waals surface area contributed by atoms with Crippen LogP contribution in [0.4, 0.5) is 32.0 Å². The number of allylic oxidation sites excluding steroid dienone is 4. The molecule has 0 saturated carbocycles. The number of nitrogen functional groups attached to an aromatic ring is 1. The third-order valence-corrected chi connectivity index (χ3v) is 2.82. The summed E-state index contributed by atoms with van der Waals surface area (Å²) in [6.07, 6.45) is -7.13. The minimum absolute atomic E-state index is 0.0536. The van der Waals surface area contributed by atoms with Gasteiger partial charge in [0.05, 0.1) is 5.56 Å². The Labute approximate surface area is 127 Å². The maximum atomic E-state index is 12.7. The van der Waals surface area contributed by atoms with Gasteiger partial charge in [-0.05, 0) is 24.3 Å². The number of anilines is 1. The fourth-order valence-electron chi connectivity index (χ4n) is 1.91. The standard InChI is InChI=1S/C14H11F6NO2/c15-13(16,17)8-5-9(21)7-12(6-8)22-10-1-3-11(4-2-10)23-14(18,19)20/h1,3,5-7H,2,4,21H2. The van der Waals surface area contributed by atoms with Gasteiger partial charge < -0.3 is 15.2 Å². The minimum Gasteiger partial charge on any atom is -0.462 e. The van der Waals surface area contributed by atoms with E-state index in [-0.39, 0.29) is 35.8 Å². The number of hydrogen-bond acceptors (Lipinski definition) is 3. The van der Waals surface area contributed by atoms with Crippen molar-refractivity contribution in [2.45, 2.75) is 25.4 Å². The molecule has 0 aromatic heterocycles. The van der Waals surface area contributed by atoms with Crippen molar-refractivity contribution >= 4 is 5.69 Å². The average molecular weight is 339 g/mol. The highest BCUT2D eigenvalue weighted by Crippen LogP contribution is 2.35.